The van der Waals surface area contributed by atoms with Gasteiger partial charge in [0.25, 0.3) is 0 Å². The standard InChI is InChI=1S/C12H21N3/c1-2-3-4-5-6-7-8-9-10-15(11-13)12-14/h2-10H2,1H3. The predicted molar refractivity (Wildman–Crippen MR) is 60.5 cm³/mol. The second kappa shape index (κ2) is 10.9. The fourth-order valence-corrected chi connectivity index (χ4v) is 1.53. The van der Waals surface area contributed by atoms with Crippen molar-refractivity contribution < 1.29 is 0 Å². The van der Waals surface area contributed by atoms with Crippen LogP contribution in [0.5, 0.6) is 0 Å². The molecule has 0 aliphatic carbocycles. The molecule has 3 nitrogen and oxygen atoms in total. The van der Waals surface area contributed by atoms with Crippen LogP contribution in [0.3, 0.4) is 0 Å². The van der Waals surface area contributed by atoms with Crippen LogP contribution in [-0.2, 0) is 0 Å². The van der Waals surface area contributed by atoms with Gasteiger partial charge in [0.2, 0.25) is 0 Å². The number of nitriles is 2. The number of rotatable bonds is 9. The molecule has 0 amide bonds. The topological polar surface area (TPSA) is 50.8 Å². The lowest BCUT2D eigenvalue weighted by atomic mass is 10.1. The highest BCUT2D eigenvalue weighted by Crippen LogP contribution is 2.08. The molecule has 3 heteroatoms. The molecule has 0 N–H and O–H groups in total. The molecule has 0 aromatic heterocycles. The van der Waals surface area contributed by atoms with Crippen molar-refractivity contribution in [3.8, 4) is 12.4 Å². The molecule has 0 heterocycles. The Bertz CT molecular complexity index is 198. The molecule has 0 rings (SSSR count). The fourth-order valence-electron chi connectivity index (χ4n) is 1.53. The maximum absolute atomic E-state index is 8.48. The van der Waals surface area contributed by atoms with Crippen molar-refractivity contribution in [3.05, 3.63) is 0 Å². The van der Waals surface area contributed by atoms with E-state index in [1.54, 1.807) is 0 Å². The van der Waals surface area contributed by atoms with Gasteiger partial charge < -0.3 is 0 Å². The van der Waals surface area contributed by atoms with Crippen molar-refractivity contribution in [3.63, 3.8) is 0 Å². The van der Waals surface area contributed by atoms with Gasteiger partial charge in [-0.2, -0.15) is 10.5 Å². The second-order valence-corrected chi connectivity index (χ2v) is 3.83. The van der Waals surface area contributed by atoms with Crippen molar-refractivity contribution in [2.75, 3.05) is 6.54 Å². The lowest BCUT2D eigenvalue weighted by Crippen LogP contribution is -2.11. The minimum atomic E-state index is 0.585. The molecule has 0 fully saturated rings. The molecule has 0 aliphatic rings. The van der Waals surface area contributed by atoms with Crippen molar-refractivity contribution in [2.45, 2.75) is 58.3 Å². The minimum absolute atomic E-state index is 0.585. The monoisotopic (exact) mass is 207 g/mol. The van der Waals surface area contributed by atoms with Gasteiger partial charge in [0.1, 0.15) is 0 Å². The van der Waals surface area contributed by atoms with Crippen molar-refractivity contribution in [2.24, 2.45) is 0 Å². The minimum Gasteiger partial charge on any atom is -0.216 e. The van der Waals surface area contributed by atoms with Gasteiger partial charge in [-0.15, -0.1) is 0 Å². The maximum atomic E-state index is 8.48. The normalized spacial score (nSPS) is 9.27. The van der Waals surface area contributed by atoms with Crippen LogP contribution in [0.25, 0.3) is 0 Å². The van der Waals surface area contributed by atoms with Crippen LogP contribution in [0.4, 0.5) is 0 Å². The Kier molecular flexibility index (Phi) is 9.98. The summed E-state index contributed by atoms with van der Waals surface area (Å²) in [7, 11) is 0. The third-order valence-electron chi connectivity index (χ3n) is 2.48. The summed E-state index contributed by atoms with van der Waals surface area (Å²) >= 11 is 0. The van der Waals surface area contributed by atoms with E-state index in [1.165, 1.54) is 38.5 Å². The average molecular weight is 207 g/mol. The maximum Gasteiger partial charge on any atom is 0.193 e. The van der Waals surface area contributed by atoms with Gasteiger partial charge in [-0.3, -0.25) is 0 Å². The van der Waals surface area contributed by atoms with Crippen LogP contribution >= 0.6 is 0 Å². The third-order valence-corrected chi connectivity index (χ3v) is 2.48. The first-order valence-corrected chi connectivity index (χ1v) is 5.92. The van der Waals surface area contributed by atoms with Crippen LogP contribution in [0.15, 0.2) is 0 Å². The summed E-state index contributed by atoms with van der Waals surface area (Å²) in [6.07, 6.45) is 13.6. The molecule has 0 aromatic carbocycles. The Hall–Kier alpha value is -1.22. The highest BCUT2D eigenvalue weighted by molar-refractivity contribution is 4.85. The molecule has 84 valence electrons. The van der Waals surface area contributed by atoms with Crippen LogP contribution in [0.1, 0.15) is 58.3 Å². The van der Waals surface area contributed by atoms with E-state index >= 15 is 0 Å². The first-order valence-electron chi connectivity index (χ1n) is 5.92. The molecule has 15 heavy (non-hydrogen) atoms. The Morgan fingerprint density at radius 1 is 0.800 bits per heavy atom. The van der Waals surface area contributed by atoms with Crippen LogP contribution in [0.2, 0.25) is 0 Å². The van der Waals surface area contributed by atoms with Gasteiger partial charge in [0.05, 0.1) is 0 Å². The molecular formula is C12H21N3. The van der Waals surface area contributed by atoms with Gasteiger partial charge in [-0.25, -0.2) is 4.90 Å². The summed E-state index contributed by atoms with van der Waals surface area (Å²) in [6, 6.07) is 0. The summed E-state index contributed by atoms with van der Waals surface area (Å²) in [5.41, 5.74) is 0. The van der Waals surface area contributed by atoms with E-state index in [0.717, 1.165) is 17.7 Å². The zero-order chi connectivity index (χ0) is 11.4. The number of nitrogens with zero attached hydrogens (tertiary/aromatic N) is 3. The Labute approximate surface area is 93.3 Å². The second-order valence-electron chi connectivity index (χ2n) is 3.83. The summed E-state index contributed by atoms with van der Waals surface area (Å²) in [4.78, 5) is 1.14. The molecule has 0 radical (unpaired) electrons. The molecule has 0 saturated carbocycles. The molecule has 0 atom stereocenters. The van der Waals surface area contributed by atoms with E-state index in [1.807, 2.05) is 12.4 Å². The zero-order valence-electron chi connectivity index (χ0n) is 9.71. The molecule has 0 aromatic rings. The van der Waals surface area contributed by atoms with E-state index in [9.17, 15) is 0 Å². The first kappa shape index (κ1) is 13.8. The summed E-state index contributed by atoms with van der Waals surface area (Å²) in [5, 5.41) is 17.0. The van der Waals surface area contributed by atoms with Crippen molar-refractivity contribution in [1.82, 2.24) is 4.90 Å². The SMILES string of the molecule is CCCCCCCCCCN(C#N)C#N. The Morgan fingerprint density at radius 3 is 1.73 bits per heavy atom. The summed E-state index contributed by atoms with van der Waals surface area (Å²) in [5.74, 6) is 0. The van der Waals surface area contributed by atoms with E-state index in [-0.39, 0.29) is 0 Å². The molecule has 0 bridgehead atoms. The van der Waals surface area contributed by atoms with Crippen molar-refractivity contribution in [1.29, 1.82) is 10.5 Å². The molecule has 0 saturated heterocycles. The number of hydrogen-bond donors (Lipinski definition) is 0. The largest absolute Gasteiger partial charge is 0.216 e. The highest BCUT2D eigenvalue weighted by atomic mass is 15.1. The summed E-state index contributed by atoms with van der Waals surface area (Å²) in [6.45, 7) is 2.81. The molecule has 0 aliphatic heterocycles. The van der Waals surface area contributed by atoms with Gasteiger partial charge in [0, 0.05) is 6.54 Å². The number of hydrogen-bond acceptors (Lipinski definition) is 3. The van der Waals surface area contributed by atoms with E-state index in [2.05, 4.69) is 6.92 Å². The smallest absolute Gasteiger partial charge is 0.193 e. The van der Waals surface area contributed by atoms with E-state index < -0.39 is 0 Å². The lowest BCUT2D eigenvalue weighted by molar-refractivity contribution is 0.489. The average Bonchev–Trinajstić information content (AvgIpc) is 2.27. The highest BCUT2D eigenvalue weighted by Gasteiger charge is 1.97. The fraction of sp³-hybridized carbons (Fsp3) is 0.833. The third kappa shape index (κ3) is 9.09. The predicted octanol–water partition coefficient (Wildman–Crippen LogP) is 3.39. The van der Waals surface area contributed by atoms with Gasteiger partial charge in [0.15, 0.2) is 12.4 Å². The lowest BCUT2D eigenvalue weighted by Gasteiger charge is -2.04. The van der Waals surface area contributed by atoms with Gasteiger partial charge in [-0.05, 0) is 6.42 Å². The quantitative estimate of drug-likeness (QED) is 0.331. The van der Waals surface area contributed by atoms with Gasteiger partial charge in [-0.1, -0.05) is 51.9 Å². The van der Waals surface area contributed by atoms with E-state index in [0.29, 0.717) is 6.54 Å². The van der Waals surface area contributed by atoms with Crippen molar-refractivity contribution >= 4 is 0 Å². The number of unbranched alkanes of at least 4 members (excludes halogenated alkanes) is 7. The van der Waals surface area contributed by atoms with E-state index in [4.69, 9.17) is 10.5 Å². The Balaban J connectivity index is 3.12. The van der Waals surface area contributed by atoms with Crippen LogP contribution in [0, 0.1) is 22.9 Å². The molecule has 0 spiro atoms. The molecule has 0 unspecified atom stereocenters. The molecular weight excluding hydrogens is 186 g/mol. The van der Waals surface area contributed by atoms with Crippen LogP contribution in [-0.4, -0.2) is 11.4 Å². The van der Waals surface area contributed by atoms with Crippen LogP contribution < -0.4 is 0 Å². The zero-order valence-corrected chi connectivity index (χ0v) is 9.71. The van der Waals surface area contributed by atoms with Gasteiger partial charge >= 0.3 is 0 Å². The first-order chi connectivity index (χ1) is 7.35. The summed E-state index contributed by atoms with van der Waals surface area (Å²) < 4.78 is 0. The Morgan fingerprint density at radius 2 is 1.27 bits per heavy atom.